The molecule has 2 atom stereocenters. The number of methoxy groups -OCH3 is 1. The van der Waals surface area contributed by atoms with Gasteiger partial charge in [0.15, 0.2) is 0 Å². The fourth-order valence-corrected chi connectivity index (χ4v) is 2.92. The Bertz CT molecular complexity index is 581. The molecule has 0 aromatic heterocycles. The first-order valence-corrected chi connectivity index (χ1v) is 7.68. The minimum atomic E-state index is -0.950. The van der Waals surface area contributed by atoms with Crippen molar-refractivity contribution in [1.82, 2.24) is 4.90 Å². The summed E-state index contributed by atoms with van der Waals surface area (Å²) in [5, 5.41) is 8.96. The van der Waals surface area contributed by atoms with Crippen LogP contribution in [0.25, 0.3) is 0 Å². The maximum absolute atomic E-state index is 13.5. The number of benzene rings is 1. The molecule has 1 aliphatic rings. The van der Waals surface area contributed by atoms with Gasteiger partial charge in [-0.3, -0.25) is 9.59 Å². The summed E-state index contributed by atoms with van der Waals surface area (Å²) < 4.78 is 19.1. The number of halogens is 2. The highest BCUT2D eigenvalue weighted by molar-refractivity contribution is 9.10. The largest absolute Gasteiger partial charge is 0.481 e. The minimum absolute atomic E-state index is 0.0384. The first kappa shape index (κ1) is 16.9. The van der Waals surface area contributed by atoms with Crippen LogP contribution in [0, 0.1) is 5.82 Å². The van der Waals surface area contributed by atoms with Crippen molar-refractivity contribution >= 4 is 27.8 Å². The van der Waals surface area contributed by atoms with E-state index in [1.807, 2.05) is 0 Å². The van der Waals surface area contributed by atoms with Crippen molar-refractivity contribution in [3.05, 3.63) is 34.1 Å². The average Bonchev–Trinajstić information content (AvgIpc) is 2.85. The Morgan fingerprint density at radius 3 is 2.82 bits per heavy atom. The van der Waals surface area contributed by atoms with Gasteiger partial charge in [0.1, 0.15) is 5.82 Å². The van der Waals surface area contributed by atoms with Crippen molar-refractivity contribution in [3.8, 4) is 0 Å². The van der Waals surface area contributed by atoms with Crippen LogP contribution in [0.2, 0.25) is 0 Å². The number of carboxylic acids is 1. The number of aliphatic carboxylic acids is 1. The van der Waals surface area contributed by atoms with Crippen molar-refractivity contribution in [2.75, 3.05) is 13.7 Å². The molecule has 2 unspecified atom stereocenters. The summed E-state index contributed by atoms with van der Waals surface area (Å²) in [5.41, 5.74) is 0.556. The van der Waals surface area contributed by atoms with E-state index in [1.54, 1.807) is 19.2 Å². The topological polar surface area (TPSA) is 66.8 Å². The first-order valence-electron chi connectivity index (χ1n) is 6.88. The zero-order valence-corrected chi connectivity index (χ0v) is 13.7. The molecule has 7 heteroatoms. The lowest BCUT2D eigenvalue weighted by Crippen LogP contribution is -2.38. The van der Waals surface area contributed by atoms with Gasteiger partial charge in [0.2, 0.25) is 5.91 Å². The van der Waals surface area contributed by atoms with Gasteiger partial charge in [-0.05, 0) is 40.0 Å². The Labute approximate surface area is 136 Å². The zero-order valence-electron chi connectivity index (χ0n) is 12.1. The predicted molar refractivity (Wildman–Crippen MR) is 81.0 cm³/mol. The van der Waals surface area contributed by atoms with Crippen LogP contribution in [-0.2, 0) is 20.7 Å². The summed E-state index contributed by atoms with van der Waals surface area (Å²) in [6.45, 7) is 0.367. The number of carboxylic acid groups (broad SMARTS) is 1. The third kappa shape index (κ3) is 4.04. The number of hydrogen-bond donors (Lipinski definition) is 1. The summed E-state index contributed by atoms with van der Waals surface area (Å²) in [6.07, 6.45) is 0.273. The molecule has 1 aromatic carbocycles. The van der Waals surface area contributed by atoms with Crippen molar-refractivity contribution < 1.29 is 23.8 Å². The van der Waals surface area contributed by atoms with Gasteiger partial charge < -0.3 is 14.7 Å². The van der Waals surface area contributed by atoms with Gasteiger partial charge in [0.25, 0.3) is 0 Å². The van der Waals surface area contributed by atoms with E-state index in [2.05, 4.69) is 15.9 Å². The molecule has 0 bridgehead atoms. The van der Waals surface area contributed by atoms with E-state index in [0.717, 1.165) is 0 Å². The van der Waals surface area contributed by atoms with Crippen LogP contribution in [0.3, 0.4) is 0 Å². The number of likely N-dealkylation sites (tertiary alicyclic amines) is 1. The predicted octanol–water partition coefficient (Wildman–Crippen LogP) is 2.22. The second-order valence-electron chi connectivity index (χ2n) is 5.32. The van der Waals surface area contributed by atoms with E-state index in [1.165, 1.54) is 11.0 Å². The summed E-state index contributed by atoms with van der Waals surface area (Å²) in [4.78, 5) is 24.9. The third-order valence-corrected chi connectivity index (χ3v) is 4.42. The number of ether oxygens (including phenoxy) is 1. The molecule has 1 amide bonds. The molecule has 1 saturated heterocycles. The number of amides is 1. The Morgan fingerprint density at radius 1 is 1.50 bits per heavy atom. The summed E-state index contributed by atoms with van der Waals surface area (Å²) in [7, 11) is 1.54. The van der Waals surface area contributed by atoms with Crippen LogP contribution in [0.5, 0.6) is 0 Å². The maximum Gasteiger partial charge on any atom is 0.305 e. The molecule has 1 aromatic rings. The fraction of sp³-hybridized carbons (Fsp3) is 0.467. The molecule has 0 radical (unpaired) electrons. The quantitative estimate of drug-likeness (QED) is 0.859. The zero-order chi connectivity index (χ0) is 16.3. The molecular formula is C15H17BrFNO4. The number of carbonyl (C=O) groups excluding carboxylic acids is 1. The van der Waals surface area contributed by atoms with Crippen LogP contribution in [0.1, 0.15) is 18.4 Å². The SMILES string of the molecule is COC1CC(CC(=O)O)N(C(=O)Cc2ccc(Br)c(F)c2)C1. The second-order valence-corrected chi connectivity index (χ2v) is 6.17. The van der Waals surface area contributed by atoms with Crippen LogP contribution >= 0.6 is 15.9 Å². The number of carbonyl (C=O) groups is 2. The Balaban J connectivity index is 2.08. The van der Waals surface area contributed by atoms with Gasteiger partial charge in [0, 0.05) is 19.7 Å². The van der Waals surface area contributed by atoms with Crippen LogP contribution in [0.4, 0.5) is 4.39 Å². The van der Waals surface area contributed by atoms with Gasteiger partial charge in [-0.25, -0.2) is 4.39 Å². The van der Waals surface area contributed by atoms with Gasteiger partial charge >= 0.3 is 5.97 Å². The average molecular weight is 374 g/mol. The molecule has 0 aliphatic carbocycles. The fourth-order valence-electron chi connectivity index (χ4n) is 2.67. The molecule has 1 aliphatic heterocycles. The standard InChI is InChI=1S/C15H17BrFNO4/c1-22-11-6-10(7-15(20)21)18(8-11)14(19)5-9-2-3-12(16)13(17)4-9/h2-4,10-11H,5-8H2,1H3,(H,20,21). The highest BCUT2D eigenvalue weighted by atomic mass is 79.9. The molecule has 0 saturated carbocycles. The molecule has 0 spiro atoms. The summed E-state index contributed by atoms with van der Waals surface area (Å²) >= 11 is 3.06. The molecule has 2 rings (SSSR count). The van der Waals surface area contributed by atoms with Gasteiger partial charge in [-0.1, -0.05) is 6.07 Å². The normalized spacial score (nSPS) is 21.1. The van der Waals surface area contributed by atoms with Crippen molar-refractivity contribution in [3.63, 3.8) is 0 Å². The second kappa shape index (κ2) is 7.19. The minimum Gasteiger partial charge on any atom is -0.481 e. The number of rotatable bonds is 5. The molecule has 1 fully saturated rings. The van der Waals surface area contributed by atoms with Gasteiger partial charge in [-0.15, -0.1) is 0 Å². The highest BCUT2D eigenvalue weighted by Gasteiger charge is 2.36. The van der Waals surface area contributed by atoms with E-state index in [-0.39, 0.29) is 30.9 Å². The maximum atomic E-state index is 13.5. The van der Waals surface area contributed by atoms with Crippen LogP contribution < -0.4 is 0 Å². The van der Waals surface area contributed by atoms with E-state index in [4.69, 9.17) is 9.84 Å². The number of nitrogens with zero attached hydrogens (tertiary/aromatic N) is 1. The Hall–Kier alpha value is -1.47. The molecule has 1 heterocycles. The lowest BCUT2D eigenvalue weighted by atomic mass is 10.1. The molecule has 5 nitrogen and oxygen atoms in total. The molecule has 22 heavy (non-hydrogen) atoms. The highest BCUT2D eigenvalue weighted by Crippen LogP contribution is 2.24. The third-order valence-electron chi connectivity index (χ3n) is 3.78. The van der Waals surface area contributed by atoms with E-state index in [0.29, 0.717) is 23.0 Å². The smallest absolute Gasteiger partial charge is 0.305 e. The summed E-state index contributed by atoms with van der Waals surface area (Å²) in [6, 6.07) is 4.14. The lowest BCUT2D eigenvalue weighted by Gasteiger charge is -2.23. The summed E-state index contributed by atoms with van der Waals surface area (Å²) in [5.74, 6) is -1.59. The molecule has 1 N–H and O–H groups in total. The monoisotopic (exact) mass is 373 g/mol. The lowest BCUT2D eigenvalue weighted by molar-refractivity contribution is -0.139. The Morgan fingerprint density at radius 2 is 2.23 bits per heavy atom. The molecule has 120 valence electrons. The molecular weight excluding hydrogens is 357 g/mol. The van der Waals surface area contributed by atoms with Crippen LogP contribution in [0.15, 0.2) is 22.7 Å². The van der Waals surface area contributed by atoms with E-state index < -0.39 is 11.8 Å². The van der Waals surface area contributed by atoms with Crippen LogP contribution in [-0.4, -0.2) is 47.7 Å². The van der Waals surface area contributed by atoms with E-state index in [9.17, 15) is 14.0 Å². The number of hydrogen-bond acceptors (Lipinski definition) is 3. The van der Waals surface area contributed by atoms with Crippen molar-refractivity contribution in [2.24, 2.45) is 0 Å². The van der Waals surface area contributed by atoms with Crippen molar-refractivity contribution in [1.29, 1.82) is 0 Å². The first-order chi connectivity index (χ1) is 10.4. The van der Waals surface area contributed by atoms with Gasteiger partial charge in [0.05, 0.1) is 23.4 Å². The van der Waals surface area contributed by atoms with Crippen molar-refractivity contribution in [2.45, 2.75) is 31.4 Å². The Kier molecular flexibility index (Phi) is 5.52. The van der Waals surface area contributed by atoms with E-state index >= 15 is 0 Å². The van der Waals surface area contributed by atoms with Gasteiger partial charge in [-0.2, -0.15) is 0 Å².